The summed E-state index contributed by atoms with van der Waals surface area (Å²) in [5.41, 5.74) is 0.170. The van der Waals surface area contributed by atoms with Gasteiger partial charge in [-0.2, -0.15) is 24.5 Å². The third-order valence-electron chi connectivity index (χ3n) is 4.02. The maximum absolute atomic E-state index is 14.2. The number of thioether (sulfide) groups is 1. The van der Waals surface area contributed by atoms with Crippen molar-refractivity contribution in [3.05, 3.63) is 64.7 Å². The predicted octanol–water partition coefficient (Wildman–Crippen LogP) is 3.28. The molecule has 0 radical (unpaired) electrons. The Morgan fingerprint density at radius 1 is 1.10 bits per heavy atom. The first-order chi connectivity index (χ1) is 14.1. The zero-order valence-corrected chi connectivity index (χ0v) is 18.8. The molecule has 0 aliphatic rings. The molecular weight excluding hydrogens is 456 g/mol. The molecule has 0 aliphatic heterocycles. The van der Waals surface area contributed by atoms with Gasteiger partial charge in [-0.25, -0.2) is 13.1 Å². The van der Waals surface area contributed by atoms with Gasteiger partial charge in [0.15, 0.2) is 0 Å². The number of carbonyl (C=O) groups is 1. The minimum absolute atomic E-state index is 0.218. The van der Waals surface area contributed by atoms with E-state index in [0.29, 0.717) is 26.4 Å². The highest BCUT2D eigenvalue weighted by atomic mass is 35.5. The predicted molar refractivity (Wildman–Crippen MR) is 117 cm³/mol. The lowest BCUT2D eigenvalue weighted by Crippen LogP contribution is -2.46. The van der Waals surface area contributed by atoms with Gasteiger partial charge in [0.1, 0.15) is 18.2 Å². The summed E-state index contributed by atoms with van der Waals surface area (Å²) >= 11 is 7.33. The normalized spacial score (nSPS) is 11.5. The Labute approximate surface area is 184 Å². The van der Waals surface area contributed by atoms with E-state index in [1.807, 2.05) is 0 Å². The molecule has 0 saturated carbocycles. The molecule has 0 bridgehead atoms. The second-order valence-electron chi connectivity index (χ2n) is 6.35. The summed E-state index contributed by atoms with van der Waals surface area (Å²) in [7, 11) is -1.49. The van der Waals surface area contributed by atoms with E-state index in [-0.39, 0.29) is 12.2 Å². The lowest BCUT2D eigenvalue weighted by atomic mass is 10.2. The van der Waals surface area contributed by atoms with Crippen molar-refractivity contribution in [1.82, 2.24) is 9.62 Å². The first-order valence-electron chi connectivity index (χ1n) is 8.86. The van der Waals surface area contributed by atoms with E-state index in [0.717, 1.165) is 10.4 Å². The number of amides is 1. The van der Waals surface area contributed by atoms with Crippen molar-refractivity contribution in [2.24, 2.45) is 0 Å². The fraction of sp³-hybridized carbons (Fsp3) is 0.316. The highest BCUT2D eigenvalue weighted by Gasteiger charge is 2.29. The number of hydrogen-bond donors (Lipinski definition) is 1. The number of halogens is 3. The van der Waals surface area contributed by atoms with Crippen LogP contribution in [0.25, 0.3) is 0 Å². The third-order valence-corrected chi connectivity index (χ3v) is 7.17. The van der Waals surface area contributed by atoms with E-state index < -0.39 is 34.3 Å². The van der Waals surface area contributed by atoms with Crippen molar-refractivity contribution in [2.45, 2.75) is 5.75 Å². The highest BCUT2D eigenvalue weighted by molar-refractivity contribution is 7.98. The van der Waals surface area contributed by atoms with Gasteiger partial charge in [0.05, 0.1) is 5.69 Å². The lowest BCUT2D eigenvalue weighted by Gasteiger charge is -2.27. The van der Waals surface area contributed by atoms with Crippen LogP contribution in [0.15, 0.2) is 42.5 Å². The standard InChI is InChI=1S/C19H22ClF2N3O3S2/c1-24(2)30(27,28)25(18-9-4-3-7-17(18)22)12-19(26)23-10-11-29-13-14-15(20)6-5-8-16(14)21/h3-9H,10-13H2,1-2H3,(H,23,26). The van der Waals surface area contributed by atoms with Crippen LogP contribution in [0, 0.1) is 11.6 Å². The summed E-state index contributed by atoms with van der Waals surface area (Å²) in [5, 5.41) is 2.93. The first kappa shape index (κ1) is 24.4. The van der Waals surface area contributed by atoms with Gasteiger partial charge in [0.2, 0.25) is 5.91 Å². The van der Waals surface area contributed by atoms with Gasteiger partial charge in [-0.3, -0.25) is 4.79 Å². The summed E-state index contributed by atoms with van der Waals surface area (Å²) in [6.07, 6.45) is 0. The van der Waals surface area contributed by atoms with E-state index in [2.05, 4.69) is 5.32 Å². The fourth-order valence-corrected chi connectivity index (χ4v) is 4.70. The van der Waals surface area contributed by atoms with Crippen LogP contribution in [-0.4, -0.2) is 51.6 Å². The monoisotopic (exact) mass is 477 g/mol. The van der Waals surface area contributed by atoms with Crippen molar-refractivity contribution < 1.29 is 22.0 Å². The molecule has 0 aromatic heterocycles. The van der Waals surface area contributed by atoms with E-state index in [4.69, 9.17) is 11.6 Å². The zero-order chi connectivity index (χ0) is 22.3. The second-order valence-corrected chi connectivity index (χ2v) is 9.93. The van der Waals surface area contributed by atoms with Gasteiger partial charge in [0, 0.05) is 42.7 Å². The van der Waals surface area contributed by atoms with Crippen LogP contribution in [0.4, 0.5) is 14.5 Å². The summed E-state index contributed by atoms with van der Waals surface area (Å²) in [6.45, 7) is -0.353. The number of anilines is 1. The van der Waals surface area contributed by atoms with Crippen LogP contribution >= 0.6 is 23.4 Å². The molecule has 0 spiro atoms. The molecule has 164 valence electrons. The molecule has 2 rings (SSSR count). The number of hydrogen-bond acceptors (Lipinski definition) is 4. The largest absolute Gasteiger partial charge is 0.354 e. The Balaban J connectivity index is 1.94. The van der Waals surface area contributed by atoms with Crippen LogP contribution < -0.4 is 9.62 Å². The van der Waals surface area contributed by atoms with Gasteiger partial charge in [-0.15, -0.1) is 0 Å². The summed E-state index contributed by atoms with van der Waals surface area (Å²) in [5.74, 6) is -0.955. The summed E-state index contributed by atoms with van der Waals surface area (Å²) in [4.78, 5) is 12.3. The van der Waals surface area contributed by atoms with Crippen LogP contribution in [0.3, 0.4) is 0 Å². The minimum Gasteiger partial charge on any atom is -0.354 e. The maximum atomic E-state index is 14.2. The van der Waals surface area contributed by atoms with Crippen LogP contribution in [0.2, 0.25) is 5.02 Å². The Hall–Kier alpha value is -1.88. The summed E-state index contributed by atoms with van der Waals surface area (Å²) < 4.78 is 54.7. The molecule has 30 heavy (non-hydrogen) atoms. The minimum atomic E-state index is -4.09. The second kappa shape index (κ2) is 10.9. The quantitative estimate of drug-likeness (QED) is 0.533. The van der Waals surface area contributed by atoms with Gasteiger partial charge in [-0.1, -0.05) is 29.8 Å². The number of nitrogens with one attached hydrogen (secondary N) is 1. The maximum Gasteiger partial charge on any atom is 0.304 e. The average Bonchev–Trinajstić information content (AvgIpc) is 2.68. The first-order valence-corrected chi connectivity index (χ1v) is 11.8. The van der Waals surface area contributed by atoms with E-state index in [1.165, 1.54) is 56.2 Å². The van der Waals surface area contributed by atoms with Crippen LogP contribution in [-0.2, 0) is 20.8 Å². The topological polar surface area (TPSA) is 69.7 Å². The molecular formula is C19H22ClF2N3O3S2. The van der Waals surface area contributed by atoms with E-state index in [9.17, 15) is 22.0 Å². The molecule has 2 aromatic carbocycles. The number of carbonyl (C=O) groups excluding carboxylic acids is 1. The Morgan fingerprint density at radius 3 is 2.40 bits per heavy atom. The lowest BCUT2D eigenvalue weighted by molar-refractivity contribution is -0.119. The zero-order valence-electron chi connectivity index (χ0n) is 16.4. The fourth-order valence-electron chi connectivity index (χ4n) is 2.44. The molecule has 0 atom stereocenters. The molecule has 1 amide bonds. The Kier molecular flexibility index (Phi) is 8.90. The van der Waals surface area contributed by atoms with E-state index in [1.54, 1.807) is 6.07 Å². The van der Waals surface area contributed by atoms with E-state index >= 15 is 0 Å². The summed E-state index contributed by atoms with van der Waals surface area (Å²) in [6, 6.07) is 9.77. The van der Waals surface area contributed by atoms with Gasteiger partial charge in [-0.05, 0) is 24.3 Å². The average molecular weight is 478 g/mol. The molecule has 2 aromatic rings. The highest BCUT2D eigenvalue weighted by Crippen LogP contribution is 2.24. The van der Waals surface area contributed by atoms with Crippen molar-refractivity contribution >= 4 is 45.2 Å². The smallest absolute Gasteiger partial charge is 0.304 e. The number of para-hydroxylation sites is 1. The number of rotatable bonds is 10. The molecule has 0 unspecified atom stereocenters. The Morgan fingerprint density at radius 2 is 1.77 bits per heavy atom. The van der Waals surface area contributed by atoms with Gasteiger partial charge < -0.3 is 5.32 Å². The van der Waals surface area contributed by atoms with Crippen molar-refractivity contribution in [3.8, 4) is 0 Å². The molecule has 1 N–H and O–H groups in total. The van der Waals surface area contributed by atoms with Crippen molar-refractivity contribution in [2.75, 3.05) is 37.2 Å². The number of benzene rings is 2. The van der Waals surface area contributed by atoms with Crippen LogP contribution in [0.5, 0.6) is 0 Å². The Bertz CT molecular complexity index is 970. The molecule has 0 aliphatic carbocycles. The van der Waals surface area contributed by atoms with Crippen molar-refractivity contribution in [3.63, 3.8) is 0 Å². The molecule has 6 nitrogen and oxygen atoms in total. The molecule has 0 heterocycles. The molecule has 11 heteroatoms. The van der Waals surface area contributed by atoms with Gasteiger partial charge in [0.25, 0.3) is 0 Å². The van der Waals surface area contributed by atoms with Crippen LogP contribution in [0.1, 0.15) is 5.56 Å². The molecule has 0 saturated heterocycles. The number of nitrogens with zero attached hydrogens (tertiary/aromatic N) is 2. The SMILES string of the molecule is CN(C)S(=O)(=O)N(CC(=O)NCCSCc1c(F)cccc1Cl)c1ccccc1F. The molecule has 0 fully saturated rings. The van der Waals surface area contributed by atoms with Crippen molar-refractivity contribution in [1.29, 1.82) is 0 Å². The van der Waals surface area contributed by atoms with Gasteiger partial charge >= 0.3 is 10.2 Å². The third kappa shape index (κ3) is 6.31.